The lowest BCUT2D eigenvalue weighted by Crippen LogP contribution is -1.97. The topological polar surface area (TPSA) is 69.2 Å². The van der Waals surface area contributed by atoms with Crippen molar-refractivity contribution in [2.45, 2.75) is 9.79 Å². The second kappa shape index (κ2) is 5.41. The zero-order valence-corrected chi connectivity index (χ0v) is 11.6. The number of nitro benzene ring substituents is 1. The quantitative estimate of drug-likeness (QED) is 0.524. The fraction of sp³-hybridized carbons (Fsp3) is 0. The van der Waals surface area contributed by atoms with Crippen LogP contribution >= 0.6 is 27.7 Å². The van der Waals surface area contributed by atoms with Crippen LogP contribution in [0.3, 0.4) is 0 Å². The predicted molar refractivity (Wildman–Crippen MR) is 75.8 cm³/mol. The van der Waals surface area contributed by atoms with E-state index >= 15 is 0 Å². The van der Waals surface area contributed by atoms with Crippen LogP contribution in [0.5, 0.6) is 0 Å². The molecule has 0 fully saturated rings. The van der Waals surface area contributed by atoms with Crippen LogP contribution in [0.2, 0.25) is 0 Å². The third kappa shape index (κ3) is 2.83. The summed E-state index contributed by atoms with van der Waals surface area (Å²) in [4.78, 5) is 12.0. The van der Waals surface area contributed by atoms with Crippen LogP contribution in [-0.2, 0) is 0 Å². The monoisotopic (exact) mass is 324 g/mol. The van der Waals surface area contributed by atoms with Gasteiger partial charge < -0.3 is 5.73 Å². The summed E-state index contributed by atoms with van der Waals surface area (Å²) in [5.41, 5.74) is 5.78. The summed E-state index contributed by atoms with van der Waals surface area (Å²) in [5.74, 6) is 0. The number of nitrogens with zero attached hydrogens (tertiary/aromatic N) is 1. The van der Waals surface area contributed by atoms with E-state index in [1.54, 1.807) is 12.1 Å². The fourth-order valence-electron chi connectivity index (χ4n) is 1.45. The first-order valence-corrected chi connectivity index (χ1v) is 6.65. The molecular formula is C12H9BrN2O2S. The minimum absolute atomic E-state index is 0.0366. The Morgan fingerprint density at radius 1 is 1.17 bits per heavy atom. The molecule has 6 heteroatoms. The Kier molecular flexibility index (Phi) is 3.88. The van der Waals surface area contributed by atoms with Gasteiger partial charge >= 0.3 is 5.69 Å². The molecule has 0 aliphatic rings. The van der Waals surface area contributed by atoms with Crippen molar-refractivity contribution in [1.82, 2.24) is 0 Å². The molecule has 0 unspecified atom stereocenters. The van der Waals surface area contributed by atoms with Crippen LogP contribution in [0.15, 0.2) is 56.7 Å². The molecule has 2 aromatic carbocycles. The molecule has 0 aliphatic carbocycles. The molecule has 0 bridgehead atoms. The van der Waals surface area contributed by atoms with Gasteiger partial charge in [-0.15, -0.1) is 0 Å². The first-order valence-electron chi connectivity index (χ1n) is 5.04. The largest absolute Gasteiger partial charge is 0.393 e. The maximum atomic E-state index is 11.0. The highest BCUT2D eigenvalue weighted by atomic mass is 79.9. The van der Waals surface area contributed by atoms with Gasteiger partial charge in [0.2, 0.25) is 0 Å². The third-order valence-electron chi connectivity index (χ3n) is 2.25. The number of anilines is 1. The van der Waals surface area contributed by atoms with E-state index in [-0.39, 0.29) is 11.4 Å². The summed E-state index contributed by atoms with van der Waals surface area (Å²) >= 11 is 4.67. The van der Waals surface area contributed by atoms with Gasteiger partial charge in [0.05, 0.1) is 9.82 Å². The average Bonchev–Trinajstić information content (AvgIpc) is 2.32. The smallest absolute Gasteiger partial charge is 0.305 e. The Hall–Kier alpha value is -1.53. The minimum atomic E-state index is -0.448. The highest BCUT2D eigenvalue weighted by Crippen LogP contribution is 2.38. The van der Waals surface area contributed by atoms with Crippen LogP contribution in [0.1, 0.15) is 0 Å². The van der Waals surface area contributed by atoms with E-state index in [0.717, 1.165) is 9.37 Å². The van der Waals surface area contributed by atoms with Crippen molar-refractivity contribution in [2.75, 3.05) is 5.73 Å². The summed E-state index contributed by atoms with van der Waals surface area (Å²) in [7, 11) is 0. The van der Waals surface area contributed by atoms with Crippen LogP contribution in [0, 0.1) is 10.1 Å². The van der Waals surface area contributed by atoms with E-state index in [1.807, 2.05) is 24.3 Å². The number of para-hydroxylation sites is 1. The van der Waals surface area contributed by atoms with Crippen molar-refractivity contribution in [2.24, 2.45) is 0 Å². The number of hydrogen-bond donors (Lipinski definition) is 1. The van der Waals surface area contributed by atoms with Gasteiger partial charge in [0.1, 0.15) is 5.69 Å². The SMILES string of the molecule is Nc1cccc(Sc2ccc(Br)cc2)c1[N+](=O)[O-]. The predicted octanol–water partition coefficient (Wildman–Crippen LogP) is 4.09. The van der Waals surface area contributed by atoms with Crippen LogP contribution in [0.4, 0.5) is 11.4 Å². The molecule has 0 radical (unpaired) electrons. The summed E-state index contributed by atoms with van der Waals surface area (Å²) < 4.78 is 0.967. The van der Waals surface area contributed by atoms with Crippen molar-refractivity contribution in [3.05, 3.63) is 57.1 Å². The van der Waals surface area contributed by atoms with Gasteiger partial charge in [0.25, 0.3) is 0 Å². The molecule has 0 saturated heterocycles. The Bertz CT molecular complexity index is 587. The Morgan fingerprint density at radius 3 is 2.44 bits per heavy atom. The lowest BCUT2D eigenvalue weighted by molar-refractivity contribution is -0.386. The van der Waals surface area contributed by atoms with Gasteiger partial charge in [-0.25, -0.2) is 0 Å². The molecule has 0 aromatic heterocycles. The fourth-order valence-corrected chi connectivity index (χ4v) is 2.67. The average molecular weight is 325 g/mol. The van der Waals surface area contributed by atoms with Gasteiger partial charge in [-0.3, -0.25) is 10.1 Å². The molecule has 18 heavy (non-hydrogen) atoms. The van der Waals surface area contributed by atoms with E-state index < -0.39 is 4.92 Å². The number of nitro groups is 1. The van der Waals surface area contributed by atoms with E-state index in [0.29, 0.717) is 4.90 Å². The molecule has 0 atom stereocenters. The molecule has 0 amide bonds. The Morgan fingerprint density at radius 2 is 1.83 bits per heavy atom. The van der Waals surface area contributed by atoms with E-state index in [9.17, 15) is 10.1 Å². The molecule has 0 heterocycles. The Balaban J connectivity index is 2.37. The molecule has 0 saturated carbocycles. The van der Waals surface area contributed by atoms with Crippen LogP contribution in [-0.4, -0.2) is 4.92 Å². The Labute approximate surface area is 116 Å². The standard InChI is InChI=1S/C12H9BrN2O2S/c13-8-4-6-9(7-5-8)18-11-3-1-2-10(14)12(11)15(16)17/h1-7H,14H2. The molecule has 0 spiro atoms. The van der Waals surface area contributed by atoms with Crippen LogP contribution < -0.4 is 5.73 Å². The normalized spacial score (nSPS) is 10.3. The molecule has 2 N–H and O–H groups in total. The molecule has 2 aromatic rings. The minimum Gasteiger partial charge on any atom is -0.393 e. The first-order chi connectivity index (χ1) is 8.58. The number of rotatable bonds is 3. The highest BCUT2D eigenvalue weighted by Gasteiger charge is 2.18. The number of nitrogen functional groups attached to an aromatic ring is 1. The summed E-state index contributed by atoms with van der Waals surface area (Å²) in [6.45, 7) is 0. The number of hydrogen-bond acceptors (Lipinski definition) is 4. The molecule has 4 nitrogen and oxygen atoms in total. The maximum Gasteiger partial charge on any atom is 0.305 e. The maximum absolute atomic E-state index is 11.0. The zero-order chi connectivity index (χ0) is 13.1. The first kappa shape index (κ1) is 12.9. The van der Waals surface area contributed by atoms with Gasteiger partial charge in [-0.1, -0.05) is 33.8 Å². The third-order valence-corrected chi connectivity index (χ3v) is 3.84. The van der Waals surface area contributed by atoms with Crippen molar-refractivity contribution in [3.8, 4) is 0 Å². The van der Waals surface area contributed by atoms with Crippen molar-refractivity contribution in [3.63, 3.8) is 0 Å². The molecular weight excluding hydrogens is 316 g/mol. The van der Waals surface area contributed by atoms with Crippen LogP contribution in [0.25, 0.3) is 0 Å². The number of nitrogens with two attached hydrogens (primary N) is 1. The number of halogens is 1. The number of benzene rings is 2. The highest BCUT2D eigenvalue weighted by molar-refractivity contribution is 9.10. The zero-order valence-electron chi connectivity index (χ0n) is 9.17. The summed E-state index contributed by atoms with van der Waals surface area (Å²) in [6.07, 6.45) is 0. The van der Waals surface area contributed by atoms with Gasteiger partial charge in [-0.2, -0.15) is 0 Å². The summed E-state index contributed by atoms with van der Waals surface area (Å²) in [6, 6.07) is 12.5. The van der Waals surface area contributed by atoms with Crippen molar-refractivity contribution >= 4 is 39.1 Å². The van der Waals surface area contributed by atoms with Gasteiger partial charge in [0.15, 0.2) is 0 Å². The molecule has 2 rings (SSSR count). The second-order valence-electron chi connectivity index (χ2n) is 3.51. The van der Waals surface area contributed by atoms with Gasteiger partial charge in [0, 0.05) is 9.37 Å². The molecule has 92 valence electrons. The second-order valence-corrected chi connectivity index (χ2v) is 5.54. The molecule has 0 aliphatic heterocycles. The van der Waals surface area contributed by atoms with Gasteiger partial charge in [-0.05, 0) is 36.4 Å². The lowest BCUT2D eigenvalue weighted by atomic mass is 10.3. The van der Waals surface area contributed by atoms with Crippen molar-refractivity contribution < 1.29 is 4.92 Å². The van der Waals surface area contributed by atoms with E-state index in [2.05, 4.69) is 15.9 Å². The summed E-state index contributed by atoms with van der Waals surface area (Å²) in [5, 5.41) is 11.0. The van der Waals surface area contributed by atoms with E-state index in [4.69, 9.17) is 5.73 Å². The van der Waals surface area contributed by atoms with Crippen molar-refractivity contribution in [1.29, 1.82) is 0 Å². The van der Waals surface area contributed by atoms with E-state index in [1.165, 1.54) is 17.8 Å². The lowest BCUT2D eigenvalue weighted by Gasteiger charge is -2.05.